The van der Waals surface area contributed by atoms with Gasteiger partial charge in [-0.25, -0.2) is 9.82 Å². The summed E-state index contributed by atoms with van der Waals surface area (Å²) >= 11 is 0. The highest BCUT2D eigenvalue weighted by Gasteiger charge is 2.24. The lowest BCUT2D eigenvalue weighted by Crippen LogP contribution is -2.48. The fraction of sp³-hybridized carbons (Fsp3) is 0.227. The number of carbonyl (C=O) groups is 2. The van der Waals surface area contributed by atoms with Crippen molar-refractivity contribution in [2.45, 2.75) is 19.9 Å². The zero-order valence-electron chi connectivity index (χ0n) is 16.4. The summed E-state index contributed by atoms with van der Waals surface area (Å²) in [6.07, 6.45) is 3.10. The molecule has 152 valence electrons. The van der Waals surface area contributed by atoms with Gasteiger partial charge in [-0.05, 0) is 42.3 Å². The smallest absolute Gasteiger partial charge is 0.262 e. The maximum atomic E-state index is 13.0. The van der Waals surface area contributed by atoms with E-state index in [0.29, 0.717) is 17.9 Å². The summed E-state index contributed by atoms with van der Waals surface area (Å²) in [6, 6.07) is 11.5. The predicted molar refractivity (Wildman–Crippen MR) is 110 cm³/mol. The third kappa shape index (κ3) is 6.57. The molecular formula is C22H24FN3O3. The monoisotopic (exact) mass is 397 g/mol. The molecule has 0 spiro atoms. The van der Waals surface area contributed by atoms with E-state index < -0.39 is 23.7 Å². The summed E-state index contributed by atoms with van der Waals surface area (Å²) in [5.74, 6) is -0.943. The number of hydrazone groups is 1. The molecule has 0 radical (unpaired) electrons. The topological polar surface area (TPSA) is 79.8 Å². The van der Waals surface area contributed by atoms with Gasteiger partial charge in [0.1, 0.15) is 24.2 Å². The Hall–Kier alpha value is -3.48. The third-order valence-corrected chi connectivity index (χ3v) is 4.00. The molecule has 2 rings (SSSR count). The molecule has 0 fully saturated rings. The molecule has 0 aliphatic heterocycles. The summed E-state index contributed by atoms with van der Waals surface area (Å²) in [6.45, 7) is 7.56. The van der Waals surface area contributed by atoms with E-state index in [4.69, 9.17) is 4.74 Å². The Bertz CT molecular complexity index is 879. The Kier molecular flexibility index (Phi) is 8.09. The zero-order valence-corrected chi connectivity index (χ0v) is 16.4. The van der Waals surface area contributed by atoms with Gasteiger partial charge in [0.15, 0.2) is 0 Å². The first-order valence-electron chi connectivity index (χ1n) is 9.14. The van der Waals surface area contributed by atoms with Crippen LogP contribution in [0.3, 0.4) is 0 Å². The number of ether oxygens (including phenoxy) is 1. The molecule has 0 saturated heterocycles. The Balaban J connectivity index is 2.03. The first-order valence-corrected chi connectivity index (χ1v) is 9.14. The van der Waals surface area contributed by atoms with Gasteiger partial charge in [-0.15, -0.1) is 0 Å². The normalized spacial score (nSPS) is 11.9. The highest BCUT2D eigenvalue weighted by molar-refractivity contribution is 5.97. The van der Waals surface area contributed by atoms with Crippen molar-refractivity contribution in [3.05, 3.63) is 78.1 Å². The molecule has 1 atom stereocenters. The highest BCUT2D eigenvalue weighted by atomic mass is 19.1. The second-order valence-electron chi connectivity index (χ2n) is 6.57. The van der Waals surface area contributed by atoms with Gasteiger partial charge in [-0.2, -0.15) is 5.10 Å². The molecule has 29 heavy (non-hydrogen) atoms. The average Bonchev–Trinajstić information content (AvgIpc) is 2.71. The molecule has 2 N–H and O–H groups in total. The summed E-state index contributed by atoms with van der Waals surface area (Å²) in [5, 5.41) is 6.63. The summed E-state index contributed by atoms with van der Waals surface area (Å²) < 4.78 is 18.6. The summed E-state index contributed by atoms with van der Waals surface area (Å²) in [5.41, 5.74) is 3.39. The van der Waals surface area contributed by atoms with Crippen LogP contribution in [0.25, 0.3) is 0 Å². The number of benzene rings is 2. The second kappa shape index (κ2) is 10.8. The van der Waals surface area contributed by atoms with Gasteiger partial charge in [0.05, 0.1) is 6.21 Å². The van der Waals surface area contributed by atoms with E-state index in [0.717, 1.165) is 0 Å². The van der Waals surface area contributed by atoms with E-state index in [9.17, 15) is 14.0 Å². The van der Waals surface area contributed by atoms with Gasteiger partial charge in [0.25, 0.3) is 11.8 Å². The number of nitrogens with zero attached hydrogens (tertiary/aromatic N) is 1. The minimum absolute atomic E-state index is 0.183. The van der Waals surface area contributed by atoms with E-state index >= 15 is 0 Å². The first-order chi connectivity index (χ1) is 13.9. The van der Waals surface area contributed by atoms with Crippen LogP contribution in [0.5, 0.6) is 5.75 Å². The molecule has 0 aromatic heterocycles. The largest absolute Gasteiger partial charge is 0.489 e. The second-order valence-corrected chi connectivity index (χ2v) is 6.57. The Morgan fingerprint density at radius 2 is 1.86 bits per heavy atom. The van der Waals surface area contributed by atoms with Gasteiger partial charge >= 0.3 is 0 Å². The van der Waals surface area contributed by atoms with Crippen molar-refractivity contribution in [2.24, 2.45) is 11.0 Å². The summed E-state index contributed by atoms with van der Waals surface area (Å²) in [7, 11) is 0. The number of amides is 2. The minimum atomic E-state index is -0.808. The third-order valence-electron chi connectivity index (χ3n) is 4.00. The number of carbonyl (C=O) groups excluding carboxylic acids is 2. The van der Waals surface area contributed by atoms with Crippen LogP contribution in [0.2, 0.25) is 0 Å². The molecular weight excluding hydrogens is 373 g/mol. The number of hydrogen-bond acceptors (Lipinski definition) is 4. The molecule has 0 heterocycles. The SMILES string of the molecule is C=CCOc1ccccc1/C=N/NC(=O)C(NC(=O)c1ccc(F)cc1)C(C)C. The van der Waals surface area contributed by atoms with Crippen LogP contribution < -0.4 is 15.5 Å². The number of para-hydroxylation sites is 1. The van der Waals surface area contributed by atoms with Gasteiger partial charge in [-0.1, -0.05) is 38.6 Å². The number of hydrogen-bond donors (Lipinski definition) is 2. The van der Waals surface area contributed by atoms with Crippen molar-refractivity contribution in [3.8, 4) is 5.75 Å². The fourth-order valence-electron chi connectivity index (χ4n) is 2.46. The van der Waals surface area contributed by atoms with Gasteiger partial charge in [0, 0.05) is 11.1 Å². The molecule has 7 heteroatoms. The van der Waals surface area contributed by atoms with Crippen LogP contribution in [0, 0.1) is 11.7 Å². The van der Waals surface area contributed by atoms with Gasteiger partial charge in [0.2, 0.25) is 0 Å². The molecule has 2 aromatic carbocycles. The van der Waals surface area contributed by atoms with Crippen LogP contribution in [-0.4, -0.2) is 30.7 Å². The lowest BCUT2D eigenvalue weighted by molar-refractivity contribution is -0.123. The van der Waals surface area contributed by atoms with E-state index in [2.05, 4.69) is 22.4 Å². The van der Waals surface area contributed by atoms with Crippen molar-refractivity contribution < 1.29 is 18.7 Å². The molecule has 6 nitrogen and oxygen atoms in total. The lowest BCUT2D eigenvalue weighted by Gasteiger charge is -2.20. The quantitative estimate of drug-likeness (QED) is 0.387. The Morgan fingerprint density at radius 1 is 1.17 bits per heavy atom. The van der Waals surface area contributed by atoms with Crippen LogP contribution in [0.4, 0.5) is 4.39 Å². The molecule has 0 bridgehead atoms. The van der Waals surface area contributed by atoms with E-state index in [1.54, 1.807) is 32.1 Å². The zero-order chi connectivity index (χ0) is 21.2. The van der Waals surface area contributed by atoms with E-state index in [1.807, 2.05) is 12.1 Å². The maximum absolute atomic E-state index is 13.0. The molecule has 2 aromatic rings. The number of rotatable bonds is 9. The molecule has 0 saturated carbocycles. The lowest BCUT2D eigenvalue weighted by atomic mass is 10.0. The maximum Gasteiger partial charge on any atom is 0.262 e. The number of halogens is 1. The fourth-order valence-corrected chi connectivity index (χ4v) is 2.46. The van der Waals surface area contributed by atoms with Crippen LogP contribution >= 0.6 is 0 Å². The van der Waals surface area contributed by atoms with Crippen LogP contribution in [0.15, 0.2) is 66.3 Å². The van der Waals surface area contributed by atoms with Crippen molar-refractivity contribution in [2.75, 3.05) is 6.61 Å². The van der Waals surface area contributed by atoms with Crippen LogP contribution in [-0.2, 0) is 4.79 Å². The van der Waals surface area contributed by atoms with Gasteiger partial charge in [-0.3, -0.25) is 9.59 Å². The summed E-state index contributed by atoms with van der Waals surface area (Å²) in [4.78, 5) is 24.8. The van der Waals surface area contributed by atoms with Crippen LogP contribution in [0.1, 0.15) is 29.8 Å². The van der Waals surface area contributed by atoms with E-state index in [-0.39, 0.29) is 11.5 Å². The Morgan fingerprint density at radius 3 is 2.52 bits per heavy atom. The first kappa shape index (κ1) is 21.8. The Labute approximate surface area is 169 Å². The van der Waals surface area contributed by atoms with Crippen molar-refractivity contribution in [3.63, 3.8) is 0 Å². The molecule has 1 unspecified atom stereocenters. The molecule has 0 aliphatic rings. The highest BCUT2D eigenvalue weighted by Crippen LogP contribution is 2.15. The number of nitrogens with one attached hydrogen (secondary N) is 2. The molecule has 0 aliphatic carbocycles. The van der Waals surface area contributed by atoms with Crippen molar-refractivity contribution in [1.29, 1.82) is 0 Å². The van der Waals surface area contributed by atoms with Crippen molar-refractivity contribution in [1.82, 2.24) is 10.7 Å². The molecule has 2 amide bonds. The standard InChI is InChI=1S/C22H24FN3O3/c1-4-13-29-19-8-6-5-7-17(19)14-24-26-22(28)20(15(2)3)25-21(27)16-9-11-18(23)12-10-16/h4-12,14-15,20H,1,13H2,2-3H3,(H,25,27)(H,26,28)/b24-14+. The van der Waals surface area contributed by atoms with E-state index in [1.165, 1.54) is 30.5 Å². The predicted octanol–water partition coefficient (Wildman–Crippen LogP) is 3.30. The van der Waals surface area contributed by atoms with Gasteiger partial charge < -0.3 is 10.1 Å². The minimum Gasteiger partial charge on any atom is -0.489 e. The average molecular weight is 397 g/mol. The van der Waals surface area contributed by atoms with Crippen molar-refractivity contribution >= 4 is 18.0 Å².